The van der Waals surface area contributed by atoms with Crippen molar-refractivity contribution in [2.45, 2.75) is 82.7 Å². The van der Waals surface area contributed by atoms with Gasteiger partial charge in [0.2, 0.25) is 0 Å². The highest BCUT2D eigenvalue weighted by Gasteiger charge is 2.36. The van der Waals surface area contributed by atoms with Crippen LogP contribution in [0.5, 0.6) is 0 Å². The minimum absolute atomic E-state index is 0.212. The van der Waals surface area contributed by atoms with Crippen LogP contribution in [0.4, 0.5) is 0 Å². The van der Waals surface area contributed by atoms with E-state index >= 15 is 0 Å². The number of hydrogen-bond acceptors (Lipinski definition) is 4. The van der Waals surface area contributed by atoms with E-state index in [1.807, 2.05) is 0 Å². The van der Waals surface area contributed by atoms with Crippen LogP contribution in [0.2, 0.25) is 0 Å². The van der Waals surface area contributed by atoms with Crippen LogP contribution in [0, 0.1) is 23.7 Å². The summed E-state index contributed by atoms with van der Waals surface area (Å²) in [5.41, 5.74) is 12.2. The van der Waals surface area contributed by atoms with E-state index < -0.39 is 0 Å². The summed E-state index contributed by atoms with van der Waals surface area (Å²) < 4.78 is 0. The van der Waals surface area contributed by atoms with E-state index in [1.54, 1.807) is 0 Å². The highest BCUT2D eigenvalue weighted by atomic mass is 15.0. The average Bonchev–Trinajstić information content (AvgIpc) is 2.79. The van der Waals surface area contributed by atoms with Gasteiger partial charge in [-0.05, 0) is 81.7 Å². The van der Waals surface area contributed by atoms with Gasteiger partial charge in [-0.25, -0.2) is 0 Å². The lowest BCUT2D eigenvalue weighted by Crippen LogP contribution is -2.46. The van der Waals surface area contributed by atoms with Crippen LogP contribution >= 0.6 is 0 Å². The molecule has 3 rings (SSSR count). The first-order valence-corrected chi connectivity index (χ1v) is 13.0. The summed E-state index contributed by atoms with van der Waals surface area (Å²) in [6, 6.07) is 1.10. The molecule has 0 bridgehead atoms. The Kier molecular flexibility index (Phi) is 10.8. The molecule has 1 radical (unpaired) electrons. The summed E-state index contributed by atoms with van der Waals surface area (Å²) in [6.45, 7) is 3.59. The maximum atomic E-state index is 6.03. The van der Waals surface area contributed by atoms with E-state index in [-0.39, 0.29) is 5.41 Å². The maximum Gasteiger partial charge on any atom is 0.0108 e. The third-order valence-electron chi connectivity index (χ3n) is 7.84. The molecule has 1 spiro atoms. The Hall–Kier alpha value is -0.940. The zero-order chi connectivity index (χ0) is 21.8. The van der Waals surface area contributed by atoms with Gasteiger partial charge < -0.3 is 22.1 Å². The topological polar surface area (TPSA) is 76.1 Å². The SMILES string of the molecule is NCCC(NCCNC(CCN)C1CCCC2([CH]\C=C/C=C\C=C/2)C1)C1CCCCC1. The predicted octanol–water partition coefficient (Wildman–Crippen LogP) is 4.24. The van der Waals surface area contributed by atoms with Crippen molar-refractivity contribution in [3.63, 3.8) is 0 Å². The monoisotopic (exact) mass is 427 g/mol. The van der Waals surface area contributed by atoms with Gasteiger partial charge in [-0.3, -0.25) is 0 Å². The molecule has 2 fully saturated rings. The van der Waals surface area contributed by atoms with Crippen molar-refractivity contribution in [3.8, 4) is 0 Å². The third kappa shape index (κ3) is 7.85. The molecule has 4 nitrogen and oxygen atoms in total. The Bertz CT molecular complexity index is 578. The molecule has 0 saturated heterocycles. The molecule has 0 aromatic heterocycles. The smallest absolute Gasteiger partial charge is 0.0108 e. The largest absolute Gasteiger partial charge is 0.330 e. The van der Waals surface area contributed by atoms with E-state index in [9.17, 15) is 0 Å². The molecular weight excluding hydrogens is 380 g/mol. The van der Waals surface area contributed by atoms with Gasteiger partial charge in [0.05, 0.1) is 0 Å². The molecule has 3 aliphatic rings. The molecule has 31 heavy (non-hydrogen) atoms. The van der Waals surface area contributed by atoms with E-state index in [0.717, 1.165) is 44.9 Å². The van der Waals surface area contributed by atoms with Crippen molar-refractivity contribution < 1.29 is 0 Å². The summed E-state index contributed by atoms with van der Waals surface area (Å²) in [5.74, 6) is 1.51. The zero-order valence-corrected chi connectivity index (χ0v) is 19.6. The molecule has 2 saturated carbocycles. The van der Waals surface area contributed by atoms with Gasteiger partial charge in [0, 0.05) is 25.2 Å². The highest BCUT2D eigenvalue weighted by Crippen LogP contribution is 2.45. The second kappa shape index (κ2) is 13.6. The molecular formula is C27H47N4. The van der Waals surface area contributed by atoms with Crippen molar-refractivity contribution in [2.24, 2.45) is 28.7 Å². The molecule has 0 aliphatic heterocycles. The van der Waals surface area contributed by atoms with Crippen LogP contribution < -0.4 is 22.1 Å². The number of hydrogen-bond donors (Lipinski definition) is 4. The lowest BCUT2D eigenvalue weighted by molar-refractivity contribution is 0.178. The van der Waals surface area contributed by atoms with Gasteiger partial charge in [-0.2, -0.15) is 0 Å². The molecule has 4 atom stereocenters. The second-order valence-electron chi connectivity index (χ2n) is 10.1. The molecule has 0 amide bonds. The Morgan fingerprint density at radius 3 is 2.06 bits per heavy atom. The van der Waals surface area contributed by atoms with Gasteiger partial charge in [-0.15, -0.1) is 0 Å². The quantitative estimate of drug-likeness (QED) is 0.372. The molecule has 0 aromatic carbocycles. The van der Waals surface area contributed by atoms with Gasteiger partial charge >= 0.3 is 0 Å². The first-order valence-electron chi connectivity index (χ1n) is 13.0. The summed E-state index contributed by atoms with van der Waals surface area (Å²) in [5, 5.41) is 7.75. The van der Waals surface area contributed by atoms with Crippen LogP contribution in [0.1, 0.15) is 70.6 Å². The normalized spacial score (nSPS) is 32.1. The van der Waals surface area contributed by atoms with Crippen LogP contribution in [0.25, 0.3) is 0 Å². The number of nitrogens with one attached hydrogen (secondary N) is 2. The minimum atomic E-state index is 0.212. The van der Waals surface area contributed by atoms with Crippen molar-refractivity contribution in [1.29, 1.82) is 0 Å². The number of nitrogens with two attached hydrogens (primary N) is 2. The molecule has 3 aliphatic carbocycles. The van der Waals surface area contributed by atoms with E-state index in [1.165, 1.54) is 57.8 Å². The van der Waals surface area contributed by atoms with Crippen molar-refractivity contribution in [2.75, 3.05) is 26.2 Å². The van der Waals surface area contributed by atoms with Crippen LogP contribution in [0.3, 0.4) is 0 Å². The van der Waals surface area contributed by atoms with Gasteiger partial charge in [0.15, 0.2) is 0 Å². The maximum absolute atomic E-state index is 6.03. The lowest BCUT2D eigenvalue weighted by atomic mass is 9.65. The van der Waals surface area contributed by atoms with Crippen LogP contribution in [0.15, 0.2) is 36.5 Å². The first-order chi connectivity index (χ1) is 15.3. The summed E-state index contributed by atoms with van der Waals surface area (Å²) >= 11 is 0. The van der Waals surface area contributed by atoms with Gasteiger partial charge in [0.1, 0.15) is 0 Å². The summed E-state index contributed by atoms with van der Waals surface area (Å²) in [6.07, 6.45) is 30.0. The summed E-state index contributed by atoms with van der Waals surface area (Å²) in [4.78, 5) is 0. The molecule has 6 N–H and O–H groups in total. The molecule has 4 unspecified atom stereocenters. The van der Waals surface area contributed by atoms with Crippen molar-refractivity contribution in [1.82, 2.24) is 10.6 Å². The average molecular weight is 428 g/mol. The molecule has 0 aromatic rings. The standard InChI is InChI=1S/C27H47N4/c28-18-13-25(23-10-5-4-6-11-23)30-20-21-31-26(14-19-29)24-12-9-17-27(22-24)15-7-2-1-3-8-16-27/h1-3,7-8,15-16,23-26,30-31H,4-6,9-14,17-22,28-29H2/b2-1-,8-3-,15-7-. The van der Waals surface area contributed by atoms with Gasteiger partial charge in [0.25, 0.3) is 0 Å². The fraction of sp³-hybridized carbons (Fsp3) is 0.741. The molecule has 4 heteroatoms. The fourth-order valence-electron chi connectivity index (χ4n) is 6.19. The Morgan fingerprint density at radius 1 is 0.742 bits per heavy atom. The third-order valence-corrected chi connectivity index (χ3v) is 7.84. The summed E-state index contributed by atoms with van der Waals surface area (Å²) in [7, 11) is 0. The van der Waals surface area contributed by atoms with Crippen LogP contribution in [-0.4, -0.2) is 38.3 Å². The number of allylic oxidation sites excluding steroid dienone is 6. The minimum Gasteiger partial charge on any atom is -0.330 e. The Labute approximate surface area is 191 Å². The van der Waals surface area contributed by atoms with E-state index in [4.69, 9.17) is 11.5 Å². The Balaban J connectivity index is 1.50. The first kappa shape index (κ1) is 24.7. The van der Waals surface area contributed by atoms with E-state index in [0.29, 0.717) is 18.0 Å². The van der Waals surface area contributed by atoms with Crippen molar-refractivity contribution >= 4 is 0 Å². The van der Waals surface area contributed by atoms with E-state index in [2.05, 4.69) is 53.5 Å². The lowest BCUT2D eigenvalue weighted by Gasteiger charge is -2.42. The fourth-order valence-corrected chi connectivity index (χ4v) is 6.19. The second-order valence-corrected chi connectivity index (χ2v) is 10.1. The Morgan fingerprint density at radius 2 is 1.35 bits per heavy atom. The van der Waals surface area contributed by atoms with Crippen LogP contribution in [-0.2, 0) is 0 Å². The van der Waals surface area contributed by atoms with Crippen molar-refractivity contribution in [3.05, 3.63) is 42.9 Å². The highest BCUT2D eigenvalue weighted by molar-refractivity contribution is 5.25. The number of rotatable bonds is 11. The molecule has 175 valence electrons. The predicted molar refractivity (Wildman–Crippen MR) is 134 cm³/mol. The van der Waals surface area contributed by atoms with Gasteiger partial charge in [-0.1, -0.05) is 62.1 Å². The molecule has 0 heterocycles. The zero-order valence-electron chi connectivity index (χ0n) is 19.6.